The molecular formula is C19H30BClO5S. The van der Waals surface area contributed by atoms with Gasteiger partial charge in [0.2, 0.25) is 0 Å². The topological polar surface area (TPSA) is 54.0 Å². The summed E-state index contributed by atoms with van der Waals surface area (Å²) in [6.07, 6.45) is -0.900. The summed E-state index contributed by atoms with van der Waals surface area (Å²) in [5.41, 5.74) is -0.250. The number of hydrogen-bond acceptors (Lipinski definition) is 6. The number of rotatable bonds is 5. The minimum Gasteiger partial charge on any atom is -0.464 e. The maximum atomic E-state index is 12.7. The van der Waals surface area contributed by atoms with Crippen LogP contribution in [0, 0.1) is 6.92 Å². The molecule has 1 fully saturated rings. The molecule has 8 heteroatoms. The first-order valence-corrected chi connectivity index (χ1v) is 10.4. The van der Waals surface area contributed by atoms with Gasteiger partial charge in [-0.2, -0.15) is 0 Å². The first-order chi connectivity index (χ1) is 12.2. The van der Waals surface area contributed by atoms with Crippen molar-refractivity contribution in [3.8, 4) is 0 Å². The third-order valence-electron chi connectivity index (χ3n) is 4.85. The van der Waals surface area contributed by atoms with E-state index in [0.717, 1.165) is 4.88 Å². The number of ether oxygens (including phenoxy) is 2. The highest BCUT2D eigenvalue weighted by Crippen LogP contribution is 2.40. The standard InChI is InChI=1S/C19H30BClO5S/c1-10-23-16(22)14(24-17(3,4)5)12-11(2)27-15(21)13(12)20-25-18(6,7)19(8,9)26-20/h14H,10H2,1-9H3. The van der Waals surface area contributed by atoms with Crippen LogP contribution < -0.4 is 5.46 Å². The molecule has 1 aromatic rings. The van der Waals surface area contributed by atoms with Gasteiger partial charge in [0.15, 0.2) is 6.10 Å². The molecule has 0 aromatic carbocycles. The number of thiophene rings is 1. The lowest BCUT2D eigenvalue weighted by atomic mass is 9.76. The lowest BCUT2D eigenvalue weighted by Gasteiger charge is -2.32. The molecule has 0 spiro atoms. The van der Waals surface area contributed by atoms with Gasteiger partial charge in [0.1, 0.15) is 0 Å². The molecule has 5 nitrogen and oxygen atoms in total. The molecule has 1 saturated heterocycles. The Balaban J connectivity index is 2.54. The largest absolute Gasteiger partial charge is 0.497 e. The van der Waals surface area contributed by atoms with Gasteiger partial charge in [-0.05, 0) is 62.3 Å². The van der Waals surface area contributed by atoms with Crippen LogP contribution in [0.15, 0.2) is 0 Å². The molecule has 1 aromatic heterocycles. The van der Waals surface area contributed by atoms with Crippen LogP contribution >= 0.6 is 22.9 Å². The predicted molar refractivity (Wildman–Crippen MR) is 110 cm³/mol. The van der Waals surface area contributed by atoms with Crippen molar-refractivity contribution in [1.29, 1.82) is 0 Å². The second kappa shape index (κ2) is 7.67. The molecule has 2 heterocycles. The van der Waals surface area contributed by atoms with E-state index in [-0.39, 0.29) is 6.61 Å². The quantitative estimate of drug-likeness (QED) is 0.525. The molecule has 0 aliphatic carbocycles. The van der Waals surface area contributed by atoms with Gasteiger partial charge in [-0.1, -0.05) is 11.6 Å². The Morgan fingerprint density at radius 1 is 1.22 bits per heavy atom. The van der Waals surface area contributed by atoms with Crippen molar-refractivity contribution >= 4 is 41.5 Å². The smallest absolute Gasteiger partial charge is 0.464 e. The molecule has 0 saturated carbocycles. The summed E-state index contributed by atoms with van der Waals surface area (Å²) >= 11 is 7.95. The van der Waals surface area contributed by atoms with E-state index in [2.05, 4.69) is 0 Å². The van der Waals surface area contributed by atoms with E-state index in [1.54, 1.807) is 6.92 Å². The molecule has 0 radical (unpaired) electrons. The van der Waals surface area contributed by atoms with Crippen LogP contribution in [0.5, 0.6) is 0 Å². The minimum atomic E-state index is -0.900. The number of hydrogen-bond donors (Lipinski definition) is 0. The van der Waals surface area contributed by atoms with Gasteiger partial charge in [-0.15, -0.1) is 11.3 Å². The van der Waals surface area contributed by atoms with Crippen LogP contribution in [0.25, 0.3) is 0 Å². The van der Waals surface area contributed by atoms with E-state index in [0.29, 0.717) is 15.4 Å². The molecule has 27 heavy (non-hydrogen) atoms. The molecule has 2 rings (SSSR count). The van der Waals surface area contributed by atoms with E-state index in [1.165, 1.54) is 11.3 Å². The van der Waals surface area contributed by atoms with E-state index in [1.807, 2.05) is 55.4 Å². The van der Waals surface area contributed by atoms with Crippen molar-refractivity contribution in [2.24, 2.45) is 0 Å². The van der Waals surface area contributed by atoms with Crippen LogP contribution in [-0.4, -0.2) is 36.5 Å². The average Bonchev–Trinajstić information content (AvgIpc) is 2.87. The van der Waals surface area contributed by atoms with Crippen LogP contribution in [0.1, 0.15) is 71.9 Å². The van der Waals surface area contributed by atoms with Gasteiger partial charge < -0.3 is 18.8 Å². The Morgan fingerprint density at radius 3 is 2.19 bits per heavy atom. The van der Waals surface area contributed by atoms with E-state index in [9.17, 15) is 4.79 Å². The fraction of sp³-hybridized carbons (Fsp3) is 0.737. The summed E-state index contributed by atoms with van der Waals surface area (Å²) in [5, 5.41) is 0. The Hall–Kier alpha value is -0.595. The van der Waals surface area contributed by atoms with Crippen molar-refractivity contribution < 1.29 is 23.6 Å². The maximum absolute atomic E-state index is 12.7. The molecule has 0 bridgehead atoms. The van der Waals surface area contributed by atoms with Crippen LogP contribution in [0.4, 0.5) is 0 Å². The molecule has 1 unspecified atom stereocenters. The van der Waals surface area contributed by atoms with Gasteiger partial charge >= 0.3 is 13.1 Å². The fourth-order valence-corrected chi connectivity index (χ4v) is 4.29. The summed E-state index contributed by atoms with van der Waals surface area (Å²) in [6.45, 7) is 17.6. The molecule has 1 aliphatic rings. The maximum Gasteiger partial charge on any atom is 0.497 e. The molecule has 1 atom stereocenters. The highest BCUT2D eigenvalue weighted by atomic mass is 35.5. The third kappa shape index (κ3) is 4.70. The number of aryl methyl sites for hydroxylation is 1. The molecule has 0 amide bonds. The SMILES string of the molecule is CCOC(=O)C(OC(C)(C)C)c1c(C)sc(Cl)c1B1OC(C)(C)C(C)(C)O1. The normalized spacial score (nSPS) is 20.0. The first-order valence-electron chi connectivity index (χ1n) is 9.19. The number of carbonyl (C=O) groups excluding carboxylic acids is 1. The summed E-state index contributed by atoms with van der Waals surface area (Å²) in [4.78, 5) is 13.6. The zero-order valence-corrected chi connectivity index (χ0v) is 19.3. The molecule has 0 N–H and O–H groups in total. The Kier molecular flexibility index (Phi) is 6.45. The van der Waals surface area contributed by atoms with Crippen LogP contribution in [0.3, 0.4) is 0 Å². The second-order valence-corrected chi connectivity index (χ2v) is 10.5. The van der Waals surface area contributed by atoms with Crippen molar-refractivity contribution in [1.82, 2.24) is 0 Å². The average molecular weight is 417 g/mol. The van der Waals surface area contributed by atoms with Gasteiger partial charge in [-0.25, -0.2) is 4.79 Å². The summed E-state index contributed by atoms with van der Waals surface area (Å²) in [6, 6.07) is 0. The van der Waals surface area contributed by atoms with Crippen molar-refractivity contribution in [2.45, 2.75) is 85.2 Å². The van der Waals surface area contributed by atoms with Crippen molar-refractivity contribution in [2.75, 3.05) is 6.61 Å². The van der Waals surface area contributed by atoms with Gasteiger partial charge in [0.05, 0.1) is 27.7 Å². The van der Waals surface area contributed by atoms with Crippen LogP contribution in [-0.2, 0) is 23.6 Å². The van der Waals surface area contributed by atoms with Crippen molar-refractivity contribution in [3.05, 3.63) is 14.8 Å². The summed E-state index contributed by atoms with van der Waals surface area (Å²) in [5.74, 6) is -0.442. The lowest BCUT2D eigenvalue weighted by Crippen LogP contribution is -2.41. The number of carbonyl (C=O) groups is 1. The summed E-state index contributed by atoms with van der Waals surface area (Å²) in [7, 11) is -0.678. The Labute approximate surface area is 171 Å². The lowest BCUT2D eigenvalue weighted by molar-refractivity contribution is -0.166. The Bertz CT molecular complexity index is 692. The van der Waals surface area contributed by atoms with E-state index in [4.69, 9.17) is 30.4 Å². The highest BCUT2D eigenvalue weighted by Gasteiger charge is 2.54. The minimum absolute atomic E-state index is 0.269. The molecular weight excluding hydrogens is 387 g/mol. The van der Waals surface area contributed by atoms with Gasteiger partial charge in [0.25, 0.3) is 0 Å². The highest BCUT2D eigenvalue weighted by molar-refractivity contribution is 7.18. The second-order valence-electron chi connectivity index (χ2n) is 8.71. The van der Waals surface area contributed by atoms with Crippen molar-refractivity contribution in [3.63, 3.8) is 0 Å². The fourth-order valence-electron chi connectivity index (χ4n) is 2.84. The first kappa shape index (κ1) is 22.7. The summed E-state index contributed by atoms with van der Waals surface area (Å²) < 4.78 is 24.3. The van der Waals surface area contributed by atoms with Crippen LogP contribution in [0.2, 0.25) is 4.34 Å². The molecule has 1 aliphatic heterocycles. The van der Waals surface area contributed by atoms with Gasteiger partial charge in [0, 0.05) is 15.9 Å². The van der Waals surface area contributed by atoms with Gasteiger partial charge in [-0.3, -0.25) is 0 Å². The Morgan fingerprint density at radius 2 is 1.74 bits per heavy atom. The third-order valence-corrected chi connectivity index (χ3v) is 6.21. The van der Waals surface area contributed by atoms with E-state index < -0.39 is 36.0 Å². The monoisotopic (exact) mass is 416 g/mol. The predicted octanol–water partition coefficient (Wildman–Crippen LogP) is 4.43. The van der Waals surface area contributed by atoms with E-state index >= 15 is 0 Å². The zero-order valence-electron chi connectivity index (χ0n) is 17.7. The number of esters is 1. The molecule has 152 valence electrons. The number of halogens is 1. The zero-order chi connectivity index (χ0) is 20.8.